The first-order chi connectivity index (χ1) is 6.43. The smallest absolute Gasteiger partial charge is 0.101 e. The van der Waals surface area contributed by atoms with Crippen molar-refractivity contribution in [3.63, 3.8) is 0 Å². The fourth-order valence-corrected chi connectivity index (χ4v) is 3.01. The van der Waals surface area contributed by atoms with Gasteiger partial charge in [0.1, 0.15) is 5.04 Å². The number of nitrogens with two attached hydrogens (primary N) is 1. The average molecular weight is 216 g/mol. The summed E-state index contributed by atoms with van der Waals surface area (Å²) in [6.07, 6.45) is 7.79. The number of allylic oxidation sites excluding steroid dienone is 1. The van der Waals surface area contributed by atoms with Crippen LogP contribution in [0.15, 0.2) is 17.1 Å². The summed E-state index contributed by atoms with van der Waals surface area (Å²) in [6.45, 7) is 1.77. The summed E-state index contributed by atoms with van der Waals surface area (Å²) in [6, 6.07) is 0. The Morgan fingerprint density at radius 3 is 3.31 bits per heavy atom. The Hall–Kier alpha value is 0.0700. The summed E-state index contributed by atoms with van der Waals surface area (Å²) >= 11 is 0. The van der Waals surface area contributed by atoms with Crippen LogP contribution in [0.5, 0.6) is 0 Å². The van der Waals surface area contributed by atoms with Crippen molar-refractivity contribution in [2.45, 2.75) is 19.3 Å². The summed E-state index contributed by atoms with van der Waals surface area (Å²) < 4.78 is 0. The van der Waals surface area contributed by atoms with Gasteiger partial charge in [-0.1, -0.05) is 16.9 Å². The number of nitrogens with zero attached hydrogens (tertiary/aromatic N) is 1. The van der Waals surface area contributed by atoms with Crippen LogP contribution in [0.25, 0.3) is 0 Å². The molecule has 74 valence electrons. The minimum atomic E-state index is 0.788. The Labute approximate surface area is 87.8 Å². The van der Waals surface area contributed by atoms with Crippen LogP contribution < -0.4 is 5.73 Å². The highest BCUT2D eigenvalue weighted by Gasteiger charge is 1.99. The van der Waals surface area contributed by atoms with Gasteiger partial charge in [-0.3, -0.25) is 4.99 Å². The van der Waals surface area contributed by atoms with Gasteiger partial charge in [0, 0.05) is 12.3 Å². The van der Waals surface area contributed by atoms with Crippen molar-refractivity contribution in [1.29, 1.82) is 0 Å². The quantitative estimate of drug-likeness (QED) is 0.579. The van der Waals surface area contributed by atoms with E-state index in [1.807, 2.05) is 10.8 Å². The lowest BCUT2D eigenvalue weighted by atomic mass is 10.3. The molecule has 0 aromatic carbocycles. The highest BCUT2D eigenvalue weighted by atomic mass is 33.1. The van der Waals surface area contributed by atoms with Crippen LogP contribution in [0.4, 0.5) is 0 Å². The average Bonchev–Trinajstić information content (AvgIpc) is 2.41. The Morgan fingerprint density at radius 1 is 1.54 bits per heavy atom. The Bertz CT molecular complexity index is 190. The molecule has 0 aliphatic carbocycles. The maximum absolute atomic E-state index is 5.41. The fourth-order valence-electron chi connectivity index (χ4n) is 0.934. The van der Waals surface area contributed by atoms with Gasteiger partial charge < -0.3 is 5.73 Å². The normalized spacial score (nSPS) is 16.8. The maximum atomic E-state index is 5.41. The van der Waals surface area contributed by atoms with Crippen molar-refractivity contribution in [1.82, 2.24) is 0 Å². The molecule has 0 unspecified atom stereocenters. The Balaban J connectivity index is 2.15. The molecule has 0 amide bonds. The zero-order valence-corrected chi connectivity index (χ0v) is 9.37. The van der Waals surface area contributed by atoms with E-state index in [1.54, 1.807) is 10.8 Å². The summed E-state index contributed by atoms with van der Waals surface area (Å²) in [4.78, 5) is 4.46. The summed E-state index contributed by atoms with van der Waals surface area (Å²) in [7, 11) is 3.62. The van der Waals surface area contributed by atoms with Gasteiger partial charge in [0.05, 0.1) is 0 Å². The molecule has 0 radical (unpaired) electrons. The van der Waals surface area contributed by atoms with Crippen molar-refractivity contribution in [2.24, 2.45) is 10.7 Å². The third-order valence-electron chi connectivity index (χ3n) is 1.63. The number of hydrogen-bond donors (Lipinski definition) is 1. The minimum absolute atomic E-state index is 0.788. The topological polar surface area (TPSA) is 38.4 Å². The molecule has 0 spiro atoms. The molecule has 1 aliphatic heterocycles. The Kier molecular flexibility index (Phi) is 6.41. The van der Waals surface area contributed by atoms with Gasteiger partial charge in [-0.2, -0.15) is 0 Å². The van der Waals surface area contributed by atoms with Gasteiger partial charge in [0.15, 0.2) is 0 Å². The van der Waals surface area contributed by atoms with Gasteiger partial charge in [-0.05, 0) is 42.7 Å². The van der Waals surface area contributed by atoms with E-state index in [2.05, 4.69) is 17.1 Å². The van der Waals surface area contributed by atoms with Crippen LogP contribution in [-0.4, -0.2) is 23.9 Å². The zero-order chi connectivity index (χ0) is 9.36. The molecule has 0 aromatic heterocycles. The summed E-state index contributed by atoms with van der Waals surface area (Å²) in [5.41, 5.74) is 5.41. The first kappa shape index (κ1) is 11.1. The second-order valence-electron chi connectivity index (χ2n) is 2.81. The van der Waals surface area contributed by atoms with E-state index >= 15 is 0 Å². The largest absolute Gasteiger partial charge is 0.330 e. The van der Waals surface area contributed by atoms with E-state index in [4.69, 9.17) is 5.73 Å². The molecule has 0 aromatic rings. The van der Waals surface area contributed by atoms with Gasteiger partial charge in [-0.15, -0.1) is 0 Å². The molecule has 0 saturated carbocycles. The third-order valence-corrected chi connectivity index (χ3v) is 4.01. The maximum Gasteiger partial charge on any atom is 0.101 e. The zero-order valence-electron chi connectivity index (χ0n) is 7.74. The lowest BCUT2D eigenvalue weighted by Gasteiger charge is -1.98. The van der Waals surface area contributed by atoms with E-state index in [-0.39, 0.29) is 0 Å². The molecule has 2 nitrogen and oxygen atoms in total. The van der Waals surface area contributed by atoms with E-state index in [0.29, 0.717) is 0 Å². The van der Waals surface area contributed by atoms with Crippen LogP contribution in [0, 0.1) is 0 Å². The van der Waals surface area contributed by atoms with Crippen molar-refractivity contribution >= 4 is 26.6 Å². The van der Waals surface area contributed by atoms with Crippen molar-refractivity contribution in [2.75, 3.05) is 18.8 Å². The monoisotopic (exact) mass is 216 g/mol. The molecule has 0 saturated heterocycles. The molecular formula is C9H16N2S2. The molecular weight excluding hydrogens is 200 g/mol. The summed E-state index contributed by atoms with van der Waals surface area (Å²) in [5.74, 6) is 1.12. The predicted octanol–water partition coefficient (Wildman–Crippen LogP) is 2.47. The van der Waals surface area contributed by atoms with Crippen molar-refractivity contribution < 1.29 is 0 Å². The Morgan fingerprint density at radius 2 is 2.46 bits per heavy atom. The molecule has 13 heavy (non-hydrogen) atoms. The molecule has 1 heterocycles. The summed E-state index contributed by atoms with van der Waals surface area (Å²) in [5, 5.41) is 1.17. The van der Waals surface area contributed by atoms with E-state index in [9.17, 15) is 0 Å². The molecule has 0 atom stereocenters. The fraction of sp³-hybridized carbons (Fsp3) is 0.667. The highest BCUT2D eigenvalue weighted by molar-refractivity contribution is 8.82. The minimum Gasteiger partial charge on any atom is -0.330 e. The molecule has 4 heteroatoms. The number of aliphatic imine (C=N–C) groups is 1. The predicted molar refractivity (Wildman–Crippen MR) is 64.4 cm³/mol. The van der Waals surface area contributed by atoms with E-state index in [1.165, 1.54) is 17.9 Å². The van der Waals surface area contributed by atoms with Crippen LogP contribution in [-0.2, 0) is 0 Å². The third kappa shape index (κ3) is 5.39. The number of rotatable bonds is 4. The second-order valence-corrected chi connectivity index (χ2v) is 5.25. The highest BCUT2D eigenvalue weighted by Crippen LogP contribution is 2.25. The van der Waals surface area contributed by atoms with E-state index < -0.39 is 0 Å². The standard InChI is InChI=1S/C9H16N2S2/c10-6-4-8-12-13-9-5-2-1-3-7-11-9/h2,5H,1,3-4,6-8,10H2. The molecule has 0 fully saturated rings. The molecule has 2 N–H and O–H groups in total. The SMILES string of the molecule is NCCCSSC1=NCCCC=C1. The molecule has 1 aliphatic rings. The second kappa shape index (κ2) is 7.47. The number of hydrogen-bond acceptors (Lipinski definition) is 4. The van der Waals surface area contributed by atoms with E-state index in [0.717, 1.165) is 25.3 Å². The van der Waals surface area contributed by atoms with Gasteiger partial charge in [0.2, 0.25) is 0 Å². The van der Waals surface area contributed by atoms with Crippen molar-refractivity contribution in [3.8, 4) is 0 Å². The van der Waals surface area contributed by atoms with Crippen LogP contribution in [0.3, 0.4) is 0 Å². The first-order valence-electron chi connectivity index (χ1n) is 4.64. The van der Waals surface area contributed by atoms with Crippen molar-refractivity contribution in [3.05, 3.63) is 12.2 Å². The first-order valence-corrected chi connectivity index (χ1v) is 6.96. The van der Waals surface area contributed by atoms with Crippen LogP contribution in [0.2, 0.25) is 0 Å². The molecule has 1 rings (SSSR count). The molecule has 0 bridgehead atoms. The van der Waals surface area contributed by atoms with Gasteiger partial charge in [0.25, 0.3) is 0 Å². The lowest BCUT2D eigenvalue weighted by molar-refractivity contribution is 0.866. The van der Waals surface area contributed by atoms with Crippen LogP contribution in [0.1, 0.15) is 19.3 Å². The van der Waals surface area contributed by atoms with Crippen LogP contribution >= 0.6 is 21.6 Å². The lowest BCUT2D eigenvalue weighted by Crippen LogP contribution is -1.98. The van der Waals surface area contributed by atoms with Gasteiger partial charge >= 0.3 is 0 Å². The van der Waals surface area contributed by atoms with Gasteiger partial charge in [-0.25, -0.2) is 0 Å².